The summed E-state index contributed by atoms with van der Waals surface area (Å²) >= 11 is 0. The molecule has 1 aliphatic heterocycles. The molecule has 20 heavy (non-hydrogen) atoms. The van der Waals surface area contributed by atoms with Gasteiger partial charge in [-0.15, -0.1) is 0 Å². The van der Waals surface area contributed by atoms with Crippen LogP contribution in [0.4, 0.5) is 0 Å². The van der Waals surface area contributed by atoms with E-state index >= 15 is 0 Å². The zero-order valence-electron chi connectivity index (χ0n) is 11.2. The first-order valence-corrected chi connectivity index (χ1v) is 6.64. The van der Waals surface area contributed by atoms with Gasteiger partial charge in [-0.05, 0) is 12.1 Å². The number of aliphatic hydroxyl groups is 1. The molecule has 1 saturated heterocycles. The maximum absolute atomic E-state index is 12.3. The fraction of sp³-hybridized carbons (Fsp3) is 0.429. The van der Waals surface area contributed by atoms with Crippen molar-refractivity contribution in [3.63, 3.8) is 0 Å². The maximum Gasteiger partial charge on any atom is 0.228 e. The first-order chi connectivity index (χ1) is 9.66. The Morgan fingerprint density at radius 2 is 2.30 bits per heavy atom. The zero-order chi connectivity index (χ0) is 14.1. The average Bonchev–Trinajstić information content (AvgIpc) is 3.05. The lowest BCUT2D eigenvalue weighted by atomic mass is 10.1. The van der Waals surface area contributed by atoms with Gasteiger partial charge in [0.2, 0.25) is 5.91 Å². The first-order valence-electron chi connectivity index (χ1n) is 6.64. The lowest BCUT2D eigenvalue weighted by molar-refractivity contribution is -0.132. The number of nitrogens with one attached hydrogen (secondary N) is 1. The molecule has 1 amide bonds. The molecule has 0 spiro atoms. The number of benzene rings is 1. The average molecular weight is 275 g/mol. The molecule has 1 aliphatic rings. The topological polar surface area (TPSA) is 78.6 Å². The minimum absolute atomic E-state index is 0.0724. The Kier molecular flexibility index (Phi) is 3.42. The highest BCUT2D eigenvalue weighted by molar-refractivity contribution is 5.86. The van der Waals surface area contributed by atoms with E-state index in [1.165, 1.54) is 0 Å². The number of hydrogen-bond acceptors (Lipinski definition) is 5. The molecule has 0 bridgehead atoms. The van der Waals surface area contributed by atoms with Crippen LogP contribution in [0.1, 0.15) is 5.69 Å². The SMILES string of the molecule is CN(C(=O)Cc1noc2ccccc12)[C@H]1CNC[C@@H]1O. The predicted octanol–water partition coefficient (Wildman–Crippen LogP) is 0.161. The lowest BCUT2D eigenvalue weighted by Crippen LogP contribution is -2.44. The summed E-state index contributed by atoms with van der Waals surface area (Å²) in [6.45, 7) is 1.14. The minimum Gasteiger partial charge on any atom is -0.390 e. The zero-order valence-corrected chi connectivity index (χ0v) is 11.2. The summed E-state index contributed by atoms with van der Waals surface area (Å²) in [4.78, 5) is 13.9. The summed E-state index contributed by atoms with van der Waals surface area (Å²) < 4.78 is 5.19. The Bertz CT molecular complexity index is 625. The quantitative estimate of drug-likeness (QED) is 0.834. The summed E-state index contributed by atoms with van der Waals surface area (Å²) in [6, 6.07) is 7.29. The van der Waals surface area contributed by atoms with Crippen LogP contribution in [0.5, 0.6) is 0 Å². The van der Waals surface area contributed by atoms with Gasteiger partial charge in [0, 0.05) is 25.5 Å². The van der Waals surface area contributed by atoms with Crippen molar-refractivity contribution in [1.29, 1.82) is 0 Å². The number of para-hydroxylation sites is 1. The van der Waals surface area contributed by atoms with Gasteiger partial charge in [-0.25, -0.2) is 0 Å². The Labute approximate surface area is 116 Å². The summed E-state index contributed by atoms with van der Waals surface area (Å²) in [6.07, 6.45) is -0.338. The molecular formula is C14H17N3O3. The van der Waals surface area contributed by atoms with Crippen LogP contribution in [-0.2, 0) is 11.2 Å². The summed E-state index contributed by atoms with van der Waals surface area (Å²) in [5.74, 6) is -0.0724. The predicted molar refractivity (Wildman–Crippen MR) is 73.1 cm³/mol. The van der Waals surface area contributed by atoms with E-state index in [4.69, 9.17) is 4.52 Å². The third kappa shape index (κ3) is 2.28. The van der Waals surface area contributed by atoms with Gasteiger partial charge in [-0.1, -0.05) is 17.3 Å². The molecule has 1 fully saturated rings. The van der Waals surface area contributed by atoms with E-state index in [0.29, 0.717) is 24.4 Å². The van der Waals surface area contributed by atoms with Crippen molar-refractivity contribution in [1.82, 2.24) is 15.4 Å². The van der Waals surface area contributed by atoms with Crippen molar-refractivity contribution >= 4 is 16.9 Å². The van der Waals surface area contributed by atoms with Gasteiger partial charge in [0.25, 0.3) is 0 Å². The summed E-state index contributed by atoms with van der Waals surface area (Å²) in [5, 5.41) is 17.7. The van der Waals surface area contributed by atoms with Gasteiger partial charge in [0.05, 0.1) is 18.6 Å². The molecule has 0 aliphatic carbocycles. The van der Waals surface area contributed by atoms with E-state index in [1.807, 2.05) is 24.3 Å². The molecule has 0 radical (unpaired) electrons. The van der Waals surface area contributed by atoms with Gasteiger partial charge in [-0.2, -0.15) is 0 Å². The monoisotopic (exact) mass is 275 g/mol. The molecule has 1 aromatic heterocycles. The number of hydrogen-bond donors (Lipinski definition) is 2. The Hall–Kier alpha value is -1.92. The Morgan fingerprint density at radius 3 is 3.05 bits per heavy atom. The first kappa shape index (κ1) is 13.1. The number of likely N-dealkylation sites (N-methyl/N-ethyl adjacent to an activating group) is 1. The van der Waals surface area contributed by atoms with Crippen LogP contribution < -0.4 is 5.32 Å². The second-order valence-corrected chi connectivity index (χ2v) is 5.10. The molecule has 0 saturated carbocycles. The van der Waals surface area contributed by atoms with Gasteiger partial charge in [-0.3, -0.25) is 4.79 Å². The number of β-amino-alcohol motifs (C(OH)–C–C–N with tert-alkyl or cyclic N) is 1. The highest BCUT2D eigenvalue weighted by Crippen LogP contribution is 2.19. The molecular weight excluding hydrogens is 258 g/mol. The third-order valence-electron chi connectivity index (χ3n) is 3.81. The van der Waals surface area contributed by atoms with Crippen LogP contribution in [0.3, 0.4) is 0 Å². The van der Waals surface area contributed by atoms with Crippen LogP contribution in [0.25, 0.3) is 11.0 Å². The Morgan fingerprint density at radius 1 is 1.50 bits per heavy atom. The molecule has 2 atom stereocenters. The third-order valence-corrected chi connectivity index (χ3v) is 3.81. The number of carbonyl (C=O) groups excluding carboxylic acids is 1. The number of nitrogens with zero attached hydrogens (tertiary/aromatic N) is 2. The normalized spacial score (nSPS) is 22.3. The van der Waals surface area contributed by atoms with E-state index in [2.05, 4.69) is 10.5 Å². The summed E-state index contributed by atoms with van der Waals surface area (Å²) in [5.41, 5.74) is 1.32. The fourth-order valence-corrected chi connectivity index (χ4v) is 2.56. The van der Waals surface area contributed by atoms with Gasteiger partial charge in [0.15, 0.2) is 5.58 Å². The van der Waals surface area contributed by atoms with Crippen LogP contribution in [0.2, 0.25) is 0 Å². The maximum atomic E-state index is 12.3. The van der Waals surface area contributed by atoms with E-state index in [1.54, 1.807) is 11.9 Å². The van der Waals surface area contributed by atoms with Gasteiger partial charge < -0.3 is 19.8 Å². The molecule has 2 N–H and O–H groups in total. The number of rotatable bonds is 3. The molecule has 6 heteroatoms. The molecule has 2 aromatic rings. The van der Waals surface area contributed by atoms with Crippen molar-refractivity contribution in [2.24, 2.45) is 0 Å². The second kappa shape index (κ2) is 5.22. The molecule has 6 nitrogen and oxygen atoms in total. The molecule has 106 valence electrons. The van der Waals surface area contributed by atoms with E-state index in [-0.39, 0.29) is 18.4 Å². The molecule has 2 heterocycles. The van der Waals surface area contributed by atoms with E-state index < -0.39 is 6.10 Å². The number of carbonyl (C=O) groups is 1. The highest BCUT2D eigenvalue weighted by Gasteiger charge is 2.31. The van der Waals surface area contributed by atoms with Gasteiger partial charge >= 0.3 is 0 Å². The molecule has 0 unspecified atom stereocenters. The van der Waals surface area contributed by atoms with Crippen LogP contribution in [0, 0.1) is 0 Å². The van der Waals surface area contributed by atoms with E-state index in [9.17, 15) is 9.90 Å². The van der Waals surface area contributed by atoms with Crippen LogP contribution in [-0.4, -0.2) is 53.4 Å². The van der Waals surface area contributed by atoms with Crippen molar-refractivity contribution in [2.75, 3.05) is 20.1 Å². The highest BCUT2D eigenvalue weighted by atomic mass is 16.5. The number of aromatic nitrogens is 1. The van der Waals surface area contributed by atoms with Crippen molar-refractivity contribution in [3.05, 3.63) is 30.0 Å². The number of fused-ring (bicyclic) bond motifs is 1. The number of amides is 1. The van der Waals surface area contributed by atoms with E-state index in [0.717, 1.165) is 5.39 Å². The van der Waals surface area contributed by atoms with Crippen LogP contribution >= 0.6 is 0 Å². The lowest BCUT2D eigenvalue weighted by Gasteiger charge is -2.26. The summed E-state index contributed by atoms with van der Waals surface area (Å²) in [7, 11) is 1.71. The number of aliphatic hydroxyl groups excluding tert-OH is 1. The smallest absolute Gasteiger partial charge is 0.228 e. The van der Waals surface area contributed by atoms with Crippen LogP contribution in [0.15, 0.2) is 28.8 Å². The van der Waals surface area contributed by atoms with Crippen molar-refractivity contribution < 1.29 is 14.4 Å². The molecule has 3 rings (SSSR count). The Balaban J connectivity index is 1.75. The fourth-order valence-electron chi connectivity index (χ4n) is 2.56. The van der Waals surface area contributed by atoms with Gasteiger partial charge in [0.1, 0.15) is 5.69 Å². The minimum atomic E-state index is -0.516. The standard InChI is InChI=1S/C14H17N3O3/c1-17(11-7-15-8-12(11)18)14(19)6-10-9-4-2-3-5-13(9)20-16-10/h2-5,11-12,15,18H,6-8H2,1H3/t11-,12-/m0/s1. The molecule has 1 aromatic carbocycles. The largest absolute Gasteiger partial charge is 0.390 e. The van der Waals surface area contributed by atoms with Crippen molar-refractivity contribution in [2.45, 2.75) is 18.6 Å². The van der Waals surface area contributed by atoms with Crippen molar-refractivity contribution in [3.8, 4) is 0 Å². The second-order valence-electron chi connectivity index (χ2n) is 5.10.